The number of carbonyl (C=O) groups excluding carboxylic acids is 1. The van der Waals surface area contributed by atoms with Gasteiger partial charge in [-0.05, 0) is 31.0 Å². The zero-order chi connectivity index (χ0) is 11.4. The summed E-state index contributed by atoms with van der Waals surface area (Å²) in [5.41, 5.74) is 6.93. The maximum Gasteiger partial charge on any atom is 0.241 e. The number of nitrogens with one attached hydrogen (secondary N) is 1. The molecule has 0 aromatic heterocycles. The minimum absolute atomic E-state index is 0.0530. The van der Waals surface area contributed by atoms with Crippen LogP contribution in [0.4, 0.5) is 5.69 Å². The Hall–Kier alpha value is -1.55. The van der Waals surface area contributed by atoms with E-state index in [9.17, 15) is 9.90 Å². The molecule has 0 spiro atoms. The van der Waals surface area contributed by atoms with Crippen LogP contribution in [0.25, 0.3) is 0 Å². The van der Waals surface area contributed by atoms with Gasteiger partial charge in [0.2, 0.25) is 5.91 Å². The van der Waals surface area contributed by atoms with Gasteiger partial charge >= 0.3 is 0 Å². The van der Waals surface area contributed by atoms with Gasteiger partial charge in [0.25, 0.3) is 0 Å². The minimum atomic E-state index is -0.537. The topological polar surface area (TPSA) is 75.4 Å². The van der Waals surface area contributed by atoms with Crippen LogP contribution < -0.4 is 11.1 Å². The lowest BCUT2D eigenvalue weighted by atomic mass is 10.2. The first-order valence-corrected chi connectivity index (χ1v) is 4.90. The van der Waals surface area contributed by atoms with Crippen molar-refractivity contribution >= 4 is 11.6 Å². The van der Waals surface area contributed by atoms with Crippen molar-refractivity contribution < 1.29 is 9.90 Å². The normalized spacial score (nSPS) is 12.2. The van der Waals surface area contributed by atoms with Gasteiger partial charge in [0.1, 0.15) is 5.75 Å². The number of nitrogens with two attached hydrogens (primary N) is 1. The Kier molecular flexibility index (Phi) is 3.68. The second kappa shape index (κ2) is 4.79. The summed E-state index contributed by atoms with van der Waals surface area (Å²) >= 11 is 0. The van der Waals surface area contributed by atoms with Gasteiger partial charge in [-0.25, -0.2) is 0 Å². The van der Waals surface area contributed by atoms with Crippen molar-refractivity contribution in [3.8, 4) is 5.75 Å². The van der Waals surface area contributed by atoms with Gasteiger partial charge in [-0.1, -0.05) is 13.0 Å². The number of aryl methyl sites for hydroxylation is 1. The van der Waals surface area contributed by atoms with Gasteiger partial charge in [-0.15, -0.1) is 0 Å². The lowest BCUT2D eigenvalue weighted by molar-refractivity contribution is -0.117. The molecule has 82 valence electrons. The van der Waals surface area contributed by atoms with E-state index < -0.39 is 6.04 Å². The van der Waals surface area contributed by atoms with Crippen LogP contribution in [0.1, 0.15) is 18.9 Å². The highest BCUT2D eigenvalue weighted by atomic mass is 16.3. The molecule has 1 amide bonds. The Bertz CT molecular complexity index is 364. The Morgan fingerprint density at radius 3 is 2.87 bits per heavy atom. The molecule has 1 atom stereocenters. The van der Waals surface area contributed by atoms with Crippen molar-refractivity contribution in [2.24, 2.45) is 5.73 Å². The van der Waals surface area contributed by atoms with Crippen molar-refractivity contribution in [2.45, 2.75) is 26.3 Å². The molecule has 1 rings (SSSR count). The molecule has 0 radical (unpaired) electrons. The molecule has 0 saturated heterocycles. The summed E-state index contributed by atoms with van der Waals surface area (Å²) in [4.78, 5) is 11.5. The van der Waals surface area contributed by atoms with Crippen LogP contribution in [-0.4, -0.2) is 17.1 Å². The summed E-state index contributed by atoms with van der Waals surface area (Å²) in [6, 6.07) is 4.48. The average molecular weight is 208 g/mol. The van der Waals surface area contributed by atoms with Crippen LogP contribution >= 0.6 is 0 Å². The fraction of sp³-hybridized carbons (Fsp3) is 0.364. The molecule has 0 saturated carbocycles. The lowest BCUT2D eigenvalue weighted by Gasteiger charge is -2.11. The fourth-order valence-electron chi connectivity index (χ4n) is 1.16. The quantitative estimate of drug-likeness (QED) is 0.657. The summed E-state index contributed by atoms with van der Waals surface area (Å²) in [5.74, 6) is -0.226. The highest BCUT2D eigenvalue weighted by Crippen LogP contribution is 2.23. The van der Waals surface area contributed by atoms with Gasteiger partial charge < -0.3 is 16.2 Å². The molecule has 4 nitrogen and oxygen atoms in total. The van der Waals surface area contributed by atoms with E-state index in [4.69, 9.17) is 5.73 Å². The number of aromatic hydroxyl groups is 1. The van der Waals surface area contributed by atoms with Crippen molar-refractivity contribution in [1.82, 2.24) is 0 Å². The molecule has 0 aliphatic rings. The molecule has 0 aliphatic carbocycles. The van der Waals surface area contributed by atoms with Crippen molar-refractivity contribution in [3.63, 3.8) is 0 Å². The molecule has 4 heteroatoms. The molecule has 4 N–H and O–H groups in total. The SMILES string of the molecule is CC[C@H](N)C(=O)Nc1cc(C)ccc1O. The van der Waals surface area contributed by atoms with Crippen LogP contribution in [-0.2, 0) is 4.79 Å². The van der Waals surface area contributed by atoms with Crippen LogP contribution in [0.5, 0.6) is 5.75 Å². The maximum absolute atomic E-state index is 11.5. The van der Waals surface area contributed by atoms with Crippen molar-refractivity contribution in [2.75, 3.05) is 5.32 Å². The monoisotopic (exact) mass is 208 g/mol. The first-order chi connectivity index (χ1) is 7.04. The van der Waals surface area contributed by atoms with E-state index >= 15 is 0 Å². The minimum Gasteiger partial charge on any atom is -0.506 e. The Labute approximate surface area is 89.1 Å². The fourth-order valence-corrected chi connectivity index (χ4v) is 1.16. The standard InChI is InChI=1S/C11H16N2O2/c1-3-8(12)11(15)13-9-6-7(2)4-5-10(9)14/h4-6,8,14H,3,12H2,1-2H3,(H,13,15)/t8-/m0/s1. The number of phenols is 1. The zero-order valence-corrected chi connectivity index (χ0v) is 8.95. The first kappa shape index (κ1) is 11.5. The lowest BCUT2D eigenvalue weighted by Crippen LogP contribution is -2.34. The van der Waals surface area contributed by atoms with Gasteiger partial charge in [0.15, 0.2) is 0 Å². The molecule has 1 aromatic carbocycles. The second-order valence-corrected chi connectivity index (χ2v) is 3.52. The van der Waals surface area contributed by atoms with E-state index in [-0.39, 0.29) is 11.7 Å². The molecule has 0 heterocycles. The van der Waals surface area contributed by atoms with Crippen molar-refractivity contribution in [1.29, 1.82) is 0 Å². The molecule has 1 aromatic rings. The number of hydrogen-bond donors (Lipinski definition) is 3. The summed E-state index contributed by atoms with van der Waals surface area (Å²) < 4.78 is 0. The third-order valence-electron chi connectivity index (χ3n) is 2.19. The molecule has 15 heavy (non-hydrogen) atoms. The number of amides is 1. The summed E-state index contributed by atoms with van der Waals surface area (Å²) in [6.07, 6.45) is 0.568. The maximum atomic E-state index is 11.5. The van der Waals surface area contributed by atoms with Crippen molar-refractivity contribution in [3.05, 3.63) is 23.8 Å². The number of phenolic OH excluding ortho intramolecular Hbond substituents is 1. The molecular weight excluding hydrogens is 192 g/mol. The number of anilines is 1. The number of hydrogen-bond acceptors (Lipinski definition) is 3. The van der Waals surface area contributed by atoms with Crippen LogP contribution in [0.15, 0.2) is 18.2 Å². The van der Waals surface area contributed by atoms with Gasteiger partial charge in [0.05, 0.1) is 11.7 Å². The van der Waals surface area contributed by atoms with Gasteiger partial charge in [-0.3, -0.25) is 4.79 Å². The predicted molar refractivity (Wildman–Crippen MR) is 59.7 cm³/mol. The Balaban J connectivity index is 2.80. The molecule has 0 bridgehead atoms. The number of rotatable bonds is 3. The van der Waals surface area contributed by atoms with E-state index in [0.717, 1.165) is 5.56 Å². The number of carbonyl (C=O) groups is 1. The smallest absolute Gasteiger partial charge is 0.241 e. The Morgan fingerprint density at radius 1 is 1.60 bits per heavy atom. The largest absolute Gasteiger partial charge is 0.506 e. The van der Waals surface area contributed by atoms with Crippen LogP contribution in [0.3, 0.4) is 0 Å². The van der Waals surface area contributed by atoms with E-state index in [2.05, 4.69) is 5.32 Å². The predicted octanol–water partition coefficient (Wildman–Crippen LogP) is 1.38. The van der Waals surface area contributed by atoms with E-state index in [1.807, 2.05) is 13.8 Å². The highest BCUT2D eigenvalue weighted by molar-refractivity contribution is 5.95. The molecule has 0 unspecified atom stereocenters. The summed E-state index contributed by atoms with van der Waals surface area (Å²) in [6.45, 7) is 3.72. The molecular formula is C11H16N2O2. The van der Waals surface area contributed by atoms with E-state index in [1.165, 1.54) is 0 Å². The zero-order valence-electron chi connectivity index (χ0n) is 8.95. The number of benzene rings is 1. The van der Waals surface area contributed by atoms with E-state index in [1.54, 1.807) is 18.2 Å². The second-order valence-electron chi connectivity index (χ2n) is 3.52. The molecule has 0 aliphatic heterocycles. The third kappa shape index (κ3) is 2.95. The van der Waals surface area contributed by atoms with Crippen LogP contribution in [0, 0.1) is 6.92 Å². The third-order valence-corrected chi connectivity index (χ3v) is 2.19. The highest BCUT2D eigenvalue weighted by Gasteiger charge is 2.12. The summed E-state index contributed by atoms with van der Waals surface area (Å²) in [5, 5.41) is 12.1. The summed E-state index contributed by atoms with van der Waals surface area (Å²) in [7, 11) is 0. The van der Waals surface area contributed by atoms with Crippen LogP contribution in [0.2, 0.25) is 0 Å². The first-order valence-electron chi connectivity index (χ1n) is 4.90. The van der Waals surface area contributed by atoms with Gasteiger partial charge in [0, 0.05) is 0 Å². The van der Waals surface area contributed by atoms with E-state index in [0.29, 0.717) is 12.1 Å². The average Bonchev–Trinajstić information content (AvgIpc) is 2.22. The molecule has 0 fully saturated rings. The van der Waals surface area contributed by atoms with Gasteiger partial charge in [-0.2, -0.15) is 0 Å². The Morgan fingerprint density at radius 2 is 2.27 bits per heavy atom.